The quantitative estimate of drug-likeness (QED) is 0.914. The van der Waals surface area contributed by atoms with Gasteiger partial charge in [-0.05, 0) is 12.1 Å². The zero-order chi connectivity index (χ0) is 14.0. The monoisotopic (exact) mass is 275 g/mol. The summed E-state index contributed by atoms with van der Waals surface area (Å²) >= 11 is 6.12. The van der Waals surface area contributed by atoms with Crippen LogP contribution in [0.5, 0.6) is 5.75 Å². The second-order valence-electron chi connectivity index (χ2n) is 3.85. The molecule has 1 heterocycles. The number of methoxy groups -OCH3 is 1. The minimum Gasteiger partial charge on any atom is -0.495 e. The molecule has 0 aliphatic carbocycles. The molecule has 1 aromatic heterocycles. The highest BCUT2D eigenvalue weighted by atomic mass is 35.5. The molecule has 2 rings (SSSR count). The van der Waals surface area contributed by atoms with Crippen LogP contribution in [0.3, 0.4) is 0 Å². The largest absolute Gasteiger partial charge is 0.495 e. The van der Waals surface area contributed by atoms with Gasteiger partial charge >= 0.3 is 0 Å². The number of aromatic nitrogens is 1. The Morgan fingerprint density at radius 2 is 2.26 bits per heavy atom. The van der Waals surface area contributed by atoms with Gasteiger partial charge in [0.05, 0.1) is 28.9 Å². The molecule has 1 aromatic carbocycles. The molecule has 0 aliphatic heterocycles. The third kappa shape index (κ3) is 2.44. The summed E-state index contributed by atoms with van der Waals surface area (Å²) in [5, 5.41) is 12.5. The number of benzene rings is 1. The molecule has 5 nitrogen and oxygen atoms in total. The third-order valence-corrected chi connectivity index (χ3v) is 2.96. The first-order chi connectivity index (χ1) is 9.06. The van der Waals surface area contributed by atoms with Gasteiger partial charge in [0, 0.05) is 18.5 Å². The summed E-state index contributed by atoms with van der Waals surface area (Å²) in [7, 11) is 1.49. The van der Waals surface area contributed by atoms with Crippen molar-refractivity contribution in [1.82, 2.24) is 4.98 Å². The van der Waals surface area contributed by atoms with Gasteiger partial charge in [-0.15, -0.1) is 0 Å². The number of nitrogens with zero attached hydrogens (tertiary/aromatic N) is 2. The maximum absolute atomic E-state index is 11.1. The summed E-state index contributed by atoms with van der Waals surface area (Å²) in [4.78, 5) is 15.3. The van der Waals surface area contributed by atoms with E-state index >= 15 is 0 Å². The Balaban J connectivity index is 2.71. The van der Waals surface area contributed by atoms with Crippen molar-refractivity contribution in [2.45, 2.75) is 6.92 Å². The Morgan fingerprint density at radius 3 is 2.84 bits per heavy atom. The minimum atomic E-state index is -0.211. The fraction of sp³-hybridized carbons (Fsp3) is 0.154. The lowest BCUT2D eigenvalue weighted by molar-refractivity contribution is -0.114. The van der Waals surface area contributed by atoms with E-state index in [0.29, 0.717) is 32.9 Å². The summed E-state index contributed by atoms with van der Waals surface area (Å²) < 4.78 is 5.20. The summed E-state index contributed by atoms with van der Waals surface area (Å²) in [6, 6.07) is 5.27. The number of nitrogens with one attached hydrogen (secondary N) is 1. The van der Waals surface area contributed by atoms with E-state index in [0.717, 1.165) is 0 Å². The van der Waals surface area contributed by atoms with Gasteiger partial charge < -0.3 is 10.1 Å². The number of pyridine rings is 1. The molecule has 0 atom stereocenters. The number of carbonyl (C=O) groups excluding carboxylic acids is 1. The molecule has 0 bridgehead atoms. The van der Waals surface area contributed by atoms with Crippen LogP contribution < -0.4 is 10.1 Å². The van der Waals surface area contributed by atoms with Gasteiger partial charge in [0.1, 0.15) is 11.8 Å². The molecule has 0 spiro atoms. The molecular formula is C13H10ClN3O2. The molecule has 2 aromatic rings. The molecule has 1 N–H and O–H groups in total. The van der Waals surface area contributed by atoms with Crippen molar-refractivity contribution < 1.29 is 9.53 Å². The second kappa shape index (κ2) is 5.12. The van der Waals surface area contributed by atoms with Gasteiger partial charge in [-0.2, -0.15) is 5.26 Å². The molecular weight excluding hydrogens is 266 g/mol. The number of rotatable bonds is 2. The molecule has 0 radical (unpaired) electrons. The molecule has 0 unspecified atom stereocenters. The zero-order valence-corrected chi connectivity index (χ0v) is 11.1. The molecule has 1 amide bonds. The topological polar surface area (TPSA) is 75.0 Å². The van der Waals surface area contributed by atoms with Crippen LogP contribution in [0.4, 0.5) is 5.69 Å². The number of fused-ring (bicyclic) bond motifs is 1. The third-order valence-electron chi connectivity index (χ3n) is 2.55. The van der Waals surface area contributed by atoms with Crippen molar-refractivity contribution in [3.05, 3.63) is 28.9 Å². The molecule has 0 fully saturated rings. The Morgan fingerprint density at radius 1 is 1.53 bits per heavy atom. The molecule has 96 valence electrons. The van der Waals surface area contributed by atoms with Gasteiger partial charge in [0.15, 0.2) is 0 Å². The number of hydrogen-bond acceptors (Lipinski definition) is 4. The first-order valence-corrected chi connectivity index (χ1v) is 5.78. The van der Waals surface area contributed by atoms with E-state index in [-0.39, 0.29) is 5.91 Å². The van der Waals surface area contributed by atoms with E-state index in [1.807, 2.05) is 6.07 Å². The lowest BCUT2D eigenvalue weighted by atomic mass is 10.1. The van der Waals surface area contributed by atoms with Crippen LogP contribution in [0.15, 0.2) is 18.3 Å². The summed E-state index contributed by atoms with van der Waals surface area (Å²) in [6.07, 6.45) is 1.40. The van der Waals surface area contributed by atoms with Crippen molar-refractivity contribution >= 4 is 34.1 Å². The summed E-state index contributed by atoms with van der Waals surface area (Å²) in [5.41, 5.74) is 1.38. The van der Waals surface area contributed by atoms with Gasteiger partial charge in [0.2, 0.25) is 5.91 Å². The Hall–Kier alpha value is -2.32. The predicted molar refractivity (Wildman–Crippen MR) is 72.3 cm³/mol. The highest BCUT2D eigenvalue weighted by Crippen LogP contribution is 2.34. The van der Waals surface area contributed by atoms with Crippen LogP contribution in [0.25, 0.3) is 10.9 Å². The number of amides is 1. The highest BCUT2D eigenvalue weighted by Gasteiger charge is 2.12. The van der Waals surface area contributed by atoms with Crippen molar-refractivity contribution in [3.63, 3.8) is 0 Å². The second-order valence-corrected chi connectivity index (χ2v) is 4.23. The average molecular weight is 276 g/mol. The van der Waals surface area contributed by atoms with E-state index < -0.39 is 0 Å². The van der Waals surface area contributed by atoms with Crippen molar-refractivity contribution in [3.8, 4) is 11.8 Å². The molecule has 6 heteroatoms. The lowest BCUT2D eigenvalue weighted by Gasteiger charge is -2.11. The Kier molecular flexibility index (Phi) is 3.54. The van der Waals surface area contributed by atoms with Crippen molar-refractivity contribution in [2.75, 3.05) is 12.4 Å². The molecule has 19 heavy (non-hydrogen) atoms. The van der Waals surface area contributed by atoms with E-state index in [1.165, 1.54) is 20.2 Å². The standard InChI is InChI=1S/C13H10ClN3O2/c1-7(18)17-11-4-10-9(3-12(11)19-2)13(14)8(5-15)6-16-10/h3-4,6H,1-2H3,(H,17,18). The molecule has 0 aliphatic rings. The SMILES string of the molecule is COc1cc2c(Cl)c(C#N)cnc2cc1NC(C)=O. The van der Waals surface area contributed by atoms with E-state index in [1.54, 1.807) is 12.1 Å². The first kappa shape index (κ1) is 13.1. The van der Waals surface area contributed by atoms with Crippen LogP contribution in [-0.2, 0) is 4.79 Å². The van der Waals surface area contributed by atoms with Gasteiger partial charge in [0.25, 0.3) is 0 Å². The van der Waals surface area contributed by atoms with Gasteiger partial charge in [-0.25, -0.2) is 0 Å². The van der Waals surface area contributed by atoms with Crippen molar-refractivity contribution in [1.29, 1.82) is 5.26 Å². The fourth-order valence-corrected chi connectivity index (χ4v) is 1.96. The van der Waals surface area contributed by atoms with Crippen molar-refractivity contribution in [2.24, 2.45) is 0 Å². The van der Waals surface area contributed by atoms with Gasteiger partial charge in [-0.1, -0.05) is 11.6 Å². The summed E-state index contributed by atoms with van der Waals surface area (Å²) in [6.45, 7) is 1.41. The number of anilines is 1. The van der Waals surface area contributed by atoms with Crippen LogP contribution in [0.2, 0.25) is 5.02 Å². The highest BCUT2D eigenvalue weighted by molar-refractivity contribution is 6.36. The van der Waals surface area contributed by atoms with Crippen LogP contribution in [0.1, 0.15) is 12.5 Å². The van der Waals surface area contributed by atoms with Crippen LogP contribution in [-0.4, -0.2) is 18.0 Å². The number of ether oxygens (including phenoxy) is 1. The van der Waals surface area contributed by atoms with E-state index in [4.69, 9.17) is 21.6 Å². The number of nitriles is 1. The summed E-state index contributed by atoms with van der Waals surface area (Å²) in [5.74, 6) is 0.249. The first-order valence-electron chi connectivity index (χ1n) is 5.40. The van der Waals surface area contributed by atoms with E-state index in [2.05, 4.69) is 10.3 Å². The smallest absolute Gasteiger partial charge is 0.221 e. The van der Waals surface area contributed by atoms with Crippen LogP contribution >= 0.6 is 11.6 Å². The maximum atomic E-state index is 11.1. The zero-order valence-electron chi connectivity index (χ0n) is 10.3. The maximum Gasteiger partial charge on any atom is 0.221 e. The number of hydrogen-bond donors (Lipinski definition) is 1. The Bertz CT molecular complexity index is 707. The average Bonchev–Trinajstić information content (AvgIpc) is 2.38. The lowest BCUT2D eigenvalue weighted by Crippen LogP contribution is -2.07. The van der Waals surface area contributed by atoms with Crippen LogP contribution in [0, 0.1) is 11.3 Å². The molecule has 0 saturated carbocycles. The Labute approximate surface area is 114 Å². The molecule has 0 saturated heterocycles. The predicted octanol–water partition coefficient (Wildman–Crippen LogP) is 2.73. The minimum absolute atomic E-state index is 0.211. The number of halogens is 1. The van der Waals surface area contributed by atoms with E-state index in [9.17, 15) is 4.79 Å². The normalized spacial score (nSPS) is 10.0. The fourth-order valence-electron chi connectivity index (χ4n) is 1.72. The number of carbonyl (C=O) groups is 1. The van der Waals surface area contributed by atoms with Gasteiger partial charge in [-0.3, -0.25) is 9.78 Å².